The molecular formula is C11H27NO. The molecule has 0 aliphatic heterocycles. The molecule has 1 N–H and O–H groups in total. The molecule has 0 bridgehead atoms. The molecule has 0 aliphatic rings. The van der Waals surface area contributed by atoms with Crippen molar-refractivity contribution in [3.05, 3.63) is 0 Å². The van der Waals surface area contributed by atoms with Crippen molar-refractivity contribution in [3.63, 3.8) is 0 Å². The van der Waals surface area contributed by atoms with Gasteiger partial charge in [-0.15, -0.1) is 0 Å². The molecule has 0 aromatic heterocycles. The molecule has 0 radical (unpaired) electrons. The van der Waals surface area contributed by atoms with Gasteiger partial charge in [0.15, 0.2) is 0 Å². The predicted octanol–water partition coefficient (Wildman–Crippen LogP) is 3.36. The second-order valence-electron chi connectivity index (χ2n) is 2.18. The minimum atomic E-state index is 0.396. The number of hydrogen-bond acceptors (Lipinski definition) is 1. The van der Waals surface area contributed by atoms with Gasteiger partial charge in [-0.25, -0.2) is 0 Å². The van der Waals surface area contributed by atoms with Crippen LogP contribution in [0.25, 0.3) is 0 Å². The van der Waals surface area contributed by atoms with Gasteiger partial charge < -0.3 is 5.32 Å². The Morgan fingerprint density at radius 2 is 1.62 bits per heavy atom. The molecular weight excluding hydrogens is 162 g/mol. The Balaban J connectivity index is -0.000000218. The van der Waals surface area contributed by atoms with Crippen LogP contribution in [0.15, 0.2) is 0 Å². The summed E-state index contributed by atoms with van der Waals surface area (Å²) < 4.78 is 0. The van der Waals surface area contributed by atoms with Gasteiger partial charge in [0, 0.05) is 6.04 Å². The van der Waals surface area contributed by atoms with Crippen LogP contribution in [0, 0.1) is 0 Å². The first-order chi connectivity index (χ1) is 6.35. The number of carbonyl (C=O) groups excluding carboxylic acids is 1. The molecule has 0 saturated heterocycles. The molecule has 0 saturated carbocycles. The van der Waals surface area contributed by atoms with Crippen LogP contribution >= 0.6 is 0 Å². The van der Waals surface area contributed by atoms with Crippen molar-refractivity contribution >= 4 is 6.41 Å². The highest BCUT2D eigenvalue weighted by Gasteiger charge is 1.99. The Hall–Kier alpha value is -0.530. The van der Waals surface area contributed by atoms with Crippen LogP contribution in [0.4, 0.5) is 0 Å². The van der Waals surface area contributed by atoms with E-state index >= 15 is 0 Å². The monoisotopic (exact) mass is 189 g/mol. The second kappa shape index (κ2) is 22.5. The molecule has 0 rings (SSSR count). The molecule has 2 heteroatoms. The van der Waals surface area contributed by atoms with Gasteiger partial charge in [0.2, 0.25) is 6.41 Å². The fourth-order valence-corrected chi connectivity index (χ4v) is 0.850. The summed E-state index contributed by atoms with van der Waals surface area (Å²) in [5.41, 5.74) is 0. The zero-order valence-electron chi connectivity index (χ0n) is 10.2. The molecule has 0 aromatic carbocycles. The summed E-state index contributed by atoms with van der Waals surface area (Å²) in [6, 6.07) is 0.396. The van der Waals surface area contributed by atoms with E-state index in [1.54, 1.807) is 0 Å². The summed E-state index contributed by atoms with van der Waals surface area (Å²) in [4.78, 5) is 9.94. The largest absolute Gasteiger partial charge is 0.356 e. The molecule has 0 fully saturated rings. The Kier molecular flexibility index (Phi) is 31.7. The van der Waals surface area contributed by atoms with Crippen molar-refractivity contribution < 1.29 is 4.79 Å². The maximum atomic E-state index is 9.94. The van der Waals surface area contributed by atoms with E-state index in [0.717, 1.165) is 25.7 Å². The number of nitrogens with one attached hydrogen (secondary N) is 1. The SMILES string of the molecule is CC.CC.CCCC(CC)NC=O. The summed E-state index contributed by atoms with van der Waals surface area (Å²) in [6.45, 7) is 12.2. The van der Waals surface area contributed by atoms with Crippen molar-refractivity contribution in [2.75, 3.05) is 0 Å². The molecule has 13 heavy (non-hydrogen) atoms. The van der Waals surface area contributed by atoms with E-state index in [4.69, 9.17) is 0 Å². The number of hydrogen-bond donors (Lipinski definition) is 1. The molecule has 2 nitrogen and oxygen atoms in total. The lowest BCUT2D eigenvalue weighted by Gasteiger charge is -2.10. The Labute approximate surface area is 84.1 Å². The predicted molar refractivity (Wildman–Crippen MR) is 60.9 cm³/mol. The standard InChI is InChI=1S/C7H15NO.2C2H6/c1-3-5-7(4-2)8-6-9;2*1-2/h6-7H,3-5H2,1-2H3,(H,8,9);2*1-2H3. The second-order valence-corrected chi connectivity index (χ2v) is 2.18. The third-order valence-electron chi connectivity index (χ3n) is 1.43. The molecule has 0 heterocycles. The Morgan fingerprint density at radius 1 is 1.15 bits per heavy atom. The van der Waals surface area contributed by atoms with E-state index in [9.17, 15) is 4.79 Å². The smallest absolute Gasteiger partial charge is 0.207 e. The molecule has 0 aliphatic carbocycles. The first-order valence-corrected chi connectivity index (χ1v) is 5.54. The average Bonchev–Trinajstić information content (AvgIpc) is 2.23. The van der Waals surface area contributed by atoms with Gasteiger partial charge >= 0.3 is 0 Å². The molecule has 1 amide bonds. The lowest BCUT2D eigenvalue weighted by atomic mass is 10.1. The molecule has 1 atom stereocenters. The van der Waals surface area contributed by atoms with Crippen LogP contribution in [-0.2, 0) is 4.79 Å². The van der Waals surface area contributed by atoms with Gasteiger partial charge in [0.05, 0.1) is 0 Å². The highest BCUT2D eigenvalue weighted by molar-refractivity contribution is 5.46. The van der Waals surface area contributed by atoms with E-state index in [1.807, 2.05) is 27.7 Å². The lowest BCUT2D eigenvalue weighted by Crippen LogP contribution is -2.26. The van der Waals surface area contributed by atoms with E-state index < -0.39 is 0 Å². The van der Waals surface area contributed by atoms with Crippen molar-refractivity contribution in [3.8, 4) is 0 Å². The Morgan fingerprint density at radius 3 is 1.85 bits per heavy atom. The minimum Gasteiger partial charge on any atom is -0.356 e. The molecule has 0 aromatic rings. The van der Waals surface area contributed by atoms with Gasteiger partial charge in [-0.1, -0.05) is 48.0 Å². The van der Waals surface area contributed by atoms with Gasteiger partial charge in [-0.05, 0) is 12.8 Å². The first kappa shape index (κ1) is 18.3. The van der Waals surface area contributed by atoms with Crippen molar-refractivity contribution in [1.29, 1.82) is 0 Å². The van der Waals surface area contributed by atoms with Crippen LogP contribution in [0.3, 0.4) is 0 Å². The quantitative estimate of drug-likeness (QED) is 0.660. The summed E-state index contributed by atoms with van der Waals surface area (Å²) in [5.74, 6) is 0. The van der Waals surface area contributed by atoms with E-state index in [-0.39, 0.29) is 0 Å². The van der Waals surface area contributed by atoms with Gasteiger partial charge in [0.1, 0.15) is 0 Å². The minimum absolute atomic E-state index is 0.396. The van der Waals surface area contributed by atoms with Crippen LogP contribution in [0.1, 0.15) is 60.8 Å². The number of rotatable bonds is 5. The fourth-order valence-electron chi connectivity index (χ4n) is 0.850. The highest BCUT2D eigenvalue weighted by atomic mass is 16.1. The zero-order valence-corrected chi connectivity index (χ0v) is 10.2. The molecule has 1 unspecified atom stereocenters. The summed E-state index contributed by atoms with van der Waals surface area (Å²) in [5, 5.41) is 2.75. The highest BCUT2D eigenvalue weighted by Crippen LogP contribution is 1.98. The summed E-state index contributed by atoms with van der Waals surface area (Å²) >= 11 is 0. The molecule has 0 spiro atoms. The van der Waals surface area contributed by atoms with Gasteiger partial charge in [-0.3, -0.25) is 4.79 Å². The maximum absolute atomic E-state index is 9.94. The average molecular weight is 189 g/mol. The maximum Gasteiger partial charge on any atom is 0.207 e. The summed E-state index contributed by atoms with van der Waals surface area (Å²) in [6.07, 6.45) is 4.05. The topological polar surface area (TPSA) is 29.1 Å². The third kappa shape index (κ3) is 18.4. The van der Waals surface area contributed by atoms with Crippen molar-refractivity contribution in [1.82, 2.24) is 5.32 Å². The van der Waals surface area contributed by atoms with Crippen LogP contribution < -0.4 is 5.32 Å². The van der Waals surface area contributed by atoms with Crippen LogP contribution in [0.5, 0.6) is 0 Å². The van der Waals surface area contributed by atoms with Crippen molar-refractivity contribution in [2.45, 2.75) is 66.8 Å². The van der Waals surface area contributed by atoms with Gasteiger partial charge in [-0.2, -0.15) is 0 Å². The van der Waals surface area contributed by atoms with E-state index in [0.29, 0.717) is 6.04 Å². The lowest BCUT2D eigenvalue weighted by molar-refractivity contribution is -0.110. The van der Waals surface area contributed by atoms with Crippen LogP contribution in [-0.4, -0.2) is 12.5 Å². The molecule has 82 valence electrons. The van der Waals surface area contributed by atoms with Crippen molar-refractivity contribution in [2.24, 2.45) is 0 Å². The Bertz CT molecular complexity index is 74.5. The number of amides is 1. The summed E-state index contributed by atoms with van der Waals surface area (Å²) in [7, 11) is 0. The van der Waals surface area contributed by atoms with Crippen LogP contribution in [0.2, 0.25) is 0 Å². The number of carbonyl (C=O) groups is 1. The van der Waals surface area contributed by atoms with E-state index in [2.05, 4.69) is 19.2 Å². The van der Waals surface area contributed by atoms with Gasteiger partial charge in [0.25, 0.3) is 0 Å². The van der Waals surface area contributed by atoms with E-state index in [1.165, 1.54) is 0 Å². The normalized spacial score (nSPS) is 9.69. The first-order valence-electron chi connectivity index (χ1n) is 5.54. The third-order valence-corrected chi connectivity index (χ3v) is 1.43. The zero-order chi connectivity index (χ0) is 11.1. The fraction of sp³-hybridized carbons (Fsp3) is 0.909.